The SMILES string of the molecule is O=C(c1ccc(C(F)(F)F)cc1)N(CCc1nc(-c2ccccc2)no1)C1CCCCC1. The number of aromatic nitrogens is 2. The zero-order chi connectivity index (χ0) is 22.6. The molecule has 1 aromatic heterocycles. The lowest BCUT2D eigenvalue weighted by molar-refractivity contribution is -0.137. The van der Waals surface area contributed by atoms with Gasteiger partial charge in [0, 0.05) is 30.1 Å². The standard InChI is InChI=1S/C24H24F3N3O2/c25-24(26,27)19-13-11-18(12-14-19)23(31)30(20-9-5-2-6-10-20)16-15-21-28-22(29-32-21)17-7-3-1-4-8-17/h1,3-4,7-8,11-14,20H,2,5-6,9-10,15-16H2. The Balaban J connectivity index is 1.49. The van der Waals surface area contributed by atoms with Crippen LogP contribution in [0, 0.1) is 0 Å². The molecule has 5 nitrogen and oxygen atoms in total. The maximum Gasteiger partial charge on any atom is 0.416 e. The highest BCUT2D eigenvalue weighted by Gasteiger charge is 2.31. The molecule has 1 aliphatic rings. The fourth-order valence-electron chi connectivity index (χ4n) is 4.09. The summed E-state index contributed by atoms with van der Waals surface area (Å²) >= 11 is 0. The molecule has 1 saturated carbocycles. The molecular weight excluding hydrogens is 419 g/mol. The highest BCUT2D eigenvalue weighted by molar-refractivity contribution is 5.94. The topological polar surface area (TPSA) is 59.2 Å². The van der Waals surface area contributed by atoms with Crippen LogP contribution in [0.5, 0.6) is 0 Å². The summed E-state index contributed by atoms with van der Waals surface area (Å²) in [4.78, 5) is 19.4. The molecule has 4 rings (SSSR count). The average molecular weight is 443 g/mol. The predicted octanol–water partition coefficient (Wildman–Crippen LogP) is 5.77. The van der Waals surface area contributed by atoms with Gasteiger partial charge in [0.25, 0.3) is 5.91 Å². The van der Waals surface area contributed by atoms with Crippen LogP contribution >= 0.6 is 0 Å². The fourth-order valence-corrected chi connectivity index (χ4v) is 4.09. The number of nitrogens with zero attached hydrogens (tertiary/aromatic N) is 3. The van der Waals surface area contributed by atoms with Crippen molar-refractivity contribution in [3.63, 3.8) is 0 Å². The molecule has 0 atom stereocenters. The van der Waals surface area contributed by atoms with Crippen LogP contribution in [-0.2, 0) is 12.6 Å². The van der Waals surface area contributed by atoms with Crippen LogP contribution in [0.2, 0.25) is 0 Å². The monoisotopic (exact) mass is 443 g/mol. The Hall–Kier alpha value is -3.16. The average Bonchev–Trinajstić information content (AvgIpc) is 3.29. The van der Waals surface area contributed by atoms with Gasteiger partial charge in [-0.25, -0.2) is 0 Å². The molecule has 0 spiro atoms. The van der Waals surface area contributed by atoms with Gasteiger partial charge in [-0.3, -0.25) is 4.79 Å². The molecule has 1 aliphatic carbocycles. The van der Waals surface area contributed by atoms with E-state index in [2.05, 4.69) is 10.1 Å². The Bertz CT molecular complexity index is 1030. The van der Waals surface area contributed by atoms with Gasteiger partial charge in [0.1, 0.15) is 0 Å². The lowest BCUT2D eigenvalue weighted by Gasteiger charge is -2.34. The molecule has 0 saturated heterocycles. The Morgan fingerprint density at radius 1 is 1.00 bits per heavy atom. The summed E-state index contributed by atoms with van der Waals surface area (Å²) < 4.78 is 44.0. The first kappa shape index (κ1) is 22.0. The van der Waals surface area contributed by atoms with E-state index in [0.29, 0.717) is 24.7 Å². The predicted molar refractivity (Wildman–Crippen MR) is 113 cm³/mol. The van der Waals surface area contributed by atoms with Crippen molar-refractivity contribution < 1.29 is 22.5 Å². The number of carbonyl (C=O) groups excluding carboxylic acids is 1. The maximum absolute atomic E-state index is 13.2. The summed E-state index contributed by atoms with van der Waals surface area (Å²) in [6.45, 7) is 0.362. The summed E-state index contributed by atoms with van der Waals surface area (Å²) in [5.41, 5.74) is 0.323. The molecule has 1 amide bonds. The molecule has 32 heavy (non-hydrogen) atoms. The molecule has 0 bridgehead atoms. The summed E-state index contributed by atoms with van der Waals surface area (Å²) in [6, 6.07) is 13.9. The first-order chi connectivity index (χ1) is 15.4. The van der Waals surface area contributed by atoms with Crippen molar-refractivity contribution >= 4 is 5.91 Å². The van der Waals surface area contributed by atoms with Gasteiger partial charge in [-0.2, -0.15) is 18.2 Å². The Labute approximate surface area is 184 Å². The van der Waals surface area contributed by atoms with Gasteiger partial charge >= 0.3 is 6.18 Å². The van der Waals surface area contributed by atoms with E-state index in [1.807, 2.05) is 30.3 Å². The molecule has 0 N–H and O–H groups in total. The second-order valence-electron chi connectivity index (χ2n) is 7.99. The van der Waals surface area contributed by atoms with E-state index < -0.39 is 11.7 Å². The van der Waals surface area contributed by atoms with Crippen LogP contribution in [0.3, 0.4) is 0 Å². The van der Waals surface area contributed by atoms with Crippen LogP contribution < -0.4 is 0 Å². The van der Waals surface area contributed by atoms with E-state index in [-0.39, 0.29) is 17.5 Å². The lowest BCUT2D eigenvalue weighted by Crippen LogP contribution is -2.42. The minimum Gasteiger partial charge on any atom is -0.339 e. The number of halogens is 3. The third-order valence-electron chi connectivity index (χ3n) is 5.80. The van der Waals surface area contributed by atoms with Crippen molar-refractivity contribution in [3.8, 4) is 11.4 Å². The van der Waals surface area contributed by atoms with Crippen molar-refractivity contribution in [1.82, 2.24) is 15.0 Å². The first-order valence-electron chi connectivity index (χ1n) is 10.8. The molecule has 1 fully saturated rings. The van der Waals surface area contributed by atoms with E-state index in [1.54, 1.807) is 4.90 Å². The van der Waals surface area contributed by atoms with Crippen LogP contribution in [0.1, 0.15) is 53.9 Å². The Morgan fingerprint density at radius 3 is 2.34 bits per heavy atom. The third kappa shape index (κ3) is 5.18. The lowest BCUT2D eigenvalue weighted by atomic mass is 9.93. The molecular formula is C24H24F3N3O2. The summed E-state index contributed by atoms with van der Waals surface area (Å²) in [6.07, 6.45) is 0.891. The largest absolute Gasteiger partial charge is 0.416 e. The van der Waals surface area contributed by atoms with E-state index in [4.69, 9.17) is 4.52 Å². The smallest absolute Gasteiger partial charge is 0.339 e. The number of amides is 1. The minimum atomic E-state index is -4.43. The van der Waals surface area contributed by atoms with Gasteiger partial charge in [0.15, 0.2) is 0 Å². The number of benzene rings is 2. The number of hydrogen-bond acceptors (Lipinski definition) is 4. The highest BCUT2D eigenvalue weighted by atomic mass is 19.4. The van der Waals surface area contributed by atoms with E-state index in [0.717, 1.165) is 49.8 Å². The summed E-state index contributed by atoms with van der Waals surface area (Å²) in [5, 5.41) is 4.02. The normalized spacial score (nSPS) is 15.0. The second-order valence-corrected chi connectivity index (χ2v) is 7.99. The number of hydrogen-bond donors (Lipinski definition) is 0. The van der Waals surface area contributed by atoms with Crippen LogP contribution in [0.25, 0.3) is 11.4 Å². The molecule has 0 unspecified atom stereocenters. The van der Waals surface area contributed by atoms with Crippen molar-refractivity contribution in [2.75, 3.05) is 6.54 Å². The molecule has 3 aromatic rings. The molecule has 0 radical (unpaired) electrons. The Kier molecular flexibility index (Phi) is 6.58. The number of carbonyl (C=O) groups is 1. The van der Waals surface area contributed by atoms with E-state index in [9.17, 15) is 18.0 Å². The van der Waals surface area contributed by atoms with Crippen LogP contribution in [0.15, 0.2) is 59.1 Å². The first-order valence-corrected chi connectivity index (χ1v) is 10.8. The molecule has 8 heteroatoms. The van der Waals surface area contributed by atoms with Crippen molar-refractivity contribution in [2.45, 2.75) is 50.7 Å². The van der Waals surface area contributed by atoms with Gasteiger partial charge < -0.3 is 9.42 Å². The second kappa shape index (κ2) is 9.54. The van der Waals surface area contributed by atoms with Crippen molar-refractivity contribution in [2.24, 2.45) is 0 Å². The molecule has 2 aromatic carbocycles. The third-order valence-corrected chi connectivity index (χ3v) is 5.80. The minimum absolute atomic E-state index is 0.0510. The van der Waals surface area contributed by atoms with Crippen molar-refractivity contribution in [3.05, 3.63) is 71.6 Å². The zero-order valence-corrected chi connectivity index (χ0v) is 17.5. The van der Waals surface area contributed by atoms with Gasteiger partial charge in [-0.1, -0.05) is 54.8 Å². The Morgan fingerprint density at radius 2 is 1.69 bits per heavy atom. The van der Waals surface area contributed by atoms with E-state index >= 15 is 0 Å². The van der Waals surface area contributed by atoms with Gasteiger partial charge in [0.2, 0.25) is 11.7 Å². The molecule has 1 heterocycles. The van der Waals surface area contributed by atoms with Crippen LogP contribution in [0.4, 0.5) is 13.2 Å². The number of alkyl halides is 3. The number of rotatable bonds is 6. The van der Waals surface area contributed by atoms with Gasteiger partial charge in [-0.05, 0) is 37.1 Å². The zero-order valence-electron chi connectivity index (χ0n) is 17.5. The van der Waals surface area contributed by atoms with E-state index in [1.165, 1.54) is 12.1 Å². The quantitative estimate of drug-likeness (QED) is 0.485. The van der Waals surface area contributed by atoms with Crippen LogP contribution in [-0.4, -0.2) is 33.5 Å². The maximum atomic E-state index is 13.2. The van der Waals surface area contributed by atoms with Crippen molar-refractivity contribution in [1.29, 1.82) is 0 Å². The molecule has 168 valence electrons. The fraction of sp³-hybridized carbons (Fsp3) is 0.375. The molecule has 0 aliphatic heterocycles. The van der Waals surface area contributed by atoms with Gasteiger partial charge in [0.05, 0.1) is 5.56 Å². The highest BCUT2D eigenvalue weighted by Crippen LogP contribution is 2.30. The summed E-state index contributed by atoms with van der Waals surface area (Å²) in [7, 11) is 0. The summed E-state index contributed by atoms with van der Waals surface area (Å²) in [5.74, 6) is 0.636. The van der Waals surface area contributed by atoms with Gasteiger partial charge in [-0.15, -0.1) is 0 Å².